The van der Waals surface area contributed by atoms with Crippen molar-refractivity contribution in [3.8, 4) is 0 Å². The lowest BCUT2D eigenvalue weighted by Crippen LogP contribution is -2.33. The van der Waals surface area contributed by atoms with E-state index in [-0.39, 0.29) is 0 Å². The van der Waals surface area contributed by atoms with Crippen molar-refractivity contribution >= 4 is 6.29 Å². The average Bonchev–Trinajstić information content (AvgIpc) is 2.25. The highest BCUT2D eigenvalue weighted by atomic mass is 16.1. The molecule has 0 amide bonds. The third-order valence-electron chi connectivity index (χ3n) is 2.44. The minimum absolute atomic E-state index is 0.463. The first-order chi connectivity index (χ1) is 6.88. The Kier molecular flexibility index (Phi) is 4.76. The molecule has 0 radical (unpaired) electrons. The molecule has 1 atom stereocenters. The average molecular weight is 191 g/mol. The highest BCUT2D eigenvalue weighted by molar-refractivity contribution is 5.65. The van der Waals surface area contributed by atoms with Gasteiger partial charge in [0.2, 0.25) is 0 Å². The molecule has 0 saturated carbocycles. The number of hydrogen-bond acceptors (Lipinski definition) is 2. The Morgan fingerprint density at radius 3 is 2.79 bits per heavy atom. The van der Waals surface area contributed by atoms with E-state index in [1.54, 1.807) is 6.08 Å². The van der Waals surface area contributed by atoms with Gasteiger partial charge >= 0.3 is 0 Å². The lowest BCUT2D eigenvalue weighted by molar-refractivity contribution is -0.104. The van der Waals surface area contributed by atoms with Crippen LogP contribution in [0.3, 0.4) is 0 Å². The number of aldehydes is 1. The summed E-state index contributed by atoms with van der Waals surface area (Å²) >= 11 is 0. The Balaban J connectivity index is 2.47. The molecule has 14 heavy (non-hydrogen) atoms. The Labute approximate surface area is 85.6 Å². The maximum atomic E-state index is 10.0. The molecule has 0 spiro atoms. The Morgan fingerprint density at radius 1 is 1.21 bits per heavy atom. The van der Waals surface area contributed by atoms with Gasteiger partial charge in [0.15, 0.2) is 0 Å². The molecule has 1 saturated heterocycles. The topological polar surface area (TPSA) is 20.3 Å². The fourth-order valence-corrected chi connectivity index (χ4v) is 1.69. The van der Waals surface area contributed by atoms with Gasteiger partial charge in [0.05, 0.1) is 0 Å². The normalized spacial score (nSPS) is 23.1. The second-order valence-corrected chi connectivity index (χ2v) is 3.40. The van der Waals surface area contributed by atoms with E-state index in [9.17, 15) is 4.79 Å². The molecular weight excluding hydrogens is 174 g/mol. The fourth-order valence-electron chi connectivity index (χ4n) is 1.69. The zero-order valence-corrected chi connectivity index (χ0v) is 8.43. The number of hydrogen-bond donors (Lipinski definition) is 0. The molecule has 0 aromatic rings. The van der Waals surface area contributed by atoms with Crippen molar-refractivity contribution in [1.82, 2.24) is 4.90 Å². The predicted molar refractivity (Wildman–Crippen MR) is 58.9 cm³/mol. The SMILES string of the molecule is C=CC1CCCCN1/C=C/C=C/C=O. The van der Waals surface area contributed by atoms with E-state index in [2.05, 4.69) is 11.5 Å². The van der Waals surface area contributed by atoms with E-state index in [1.165, 1.54) is 25.3 Å². The minimum atomic E-state index is 0.463. The van der Waals surface area contributed by atoms with Crippen LogP contribution in [0.25, 0.3) is 0 Å². The first-order valence-electron chi connectivity index (χ1n) is 5.05. The van der Waals surface area contributed by atoms with Gasteiger partial charge in [0.25, 0.3) is 0 Å². The zero-order chi connectivity index (χ0) is 10.2. The van der Waals surface area contributed by atoms with E-state index >= 15 is 0 Å². The number of nitrogens with zero attached hydrogens (tertiary/aromatic N) is 1. The third-order valence-corrected chi connectivity index (χ3v) is 2.44. The monoisotopic (exact) mass is 191 g/mol. The highest BCUT2D eigenvalue weighted by Gasteiger charge is 2.15. The molecule has 1 heterocycles. The summed E-state index contributed by atoms with van der Waals surface area (Å²) in [6.45, 7) is 4.91. The van der Waals surface area contributed by atoms with Crippen molar-refractivity contribution in [2.45, 2.75) is 25.3 Å². The van der Waals surface area contributed by atoms with Crippen LogP contribution in [0.5, 0.6) is 0 Å². The summed E-state index contributed by atoms with van der Waals surface area (Å²) < 4.78 is 0. The smallest absolute Gasteiger partial charge is 0.142 e. The lowest BCUT2D eigenvalue weighted by Gasteiger charge is -2.32. The first-order valence-corrected chi connectivity index (χ1v) is 5.05. The summed E-state index contributed by atoms with van der Waals surface area (Å²) in [5.74, 6) is 0. The molecule has 0 bridgehead atoms. The summed E-state index contributed by atoms with van der Waals surface area (Å²) in [4.78, 5) is 12.3. The lowest BCUT2D eigenvalue weighted by atomic mass is 10.0. The van der Waals surface area contributed by atoms with Gasteiger partial charge in [0.1, 0.15) is 6.29 Å². The Bertz CT molecular complexity index is 243. The van der Waals surface area contributed by atoms with Crippen molar-refractivity contribution in [2.24, 2.45) is 0 Å². The second-order valence-electron chi connectivity index (χ2n) is 3.40. The van der Waals surface area contributed by atoms with E-state index in [4.69, 9.17) is 0 Å². The number of carbonyl (C=O) groups excluding carboxylic acids is 1. The fraction of sp³-hybridized carbons (Fsp3) is 0.417. The first kappa shape index (κ1) is 10.8. The van der Waals surface area contributed by atoms with Gasteiger partial charge < -0.3 is 4.90 Å². The van der Waals surface area contributed by atoms with Crippen molar-refractivity contribution in [3.63, 3.8) is 0 Å². The third kappa shape index (κ3) is 3.21. The van der Waals surface area contributed by atoms with Gasteiger partial charge in [-0.05, 0) is 37.6 Å². The van der Waals surface area contributed by atoms with Gasteiger partial charge in [0, 0.05) is 12.6 Å². The van der Waals surface area contributed by atoms with Crippen LogP contribution < -0.4 is 0 Å². The summed E-state index contributed by atoms with van der Waals surface area (Å²) in [6, 6.07) is 0.463. The molecule has 1 fully saturated rings. The quantitative estimate of drug-likeness (QED) is 0.294. The highest BCUT2D eigenvalue weighted by Crippen LogP contribution is 2.17. The largest absolute Gasteiger partial charge is 0.371 e. The maximum Gasteiger partial charge on any atom is 0.142 e. The van der Waals surface area contributed by atoms with Gasteiger partial charge in [-0.3, -0.25) is 4.79 Å². The standard InChI is InChI=1S/C12H17NO/c1-2-12-8-4-6-10-13(12)9-5-3-7-11-14/h2-3,5,7,9,11-12H,1,4,6,8,10H2/b7-3+,9-5+. The van der Waals surface area contributed by atoms with Crippen LogP contribution in [0.15, 0.2) is 37.1 Å². The molecule has 1 aliphatic rings. The molecule has 2 heteroatoms. The second kappa shape index (κ2) is 6.19. The minimum Gasteiger partial charge on any atom is -0.371 e. The van der Waals surface area contributed by atoms with Crippen LogP contribution >= 0.6 is 0 Å². The molecule has 0 aromatic carbocycles. The summed E-state index contributed by atoms with van der Waals surface area (Å²) in [7, 11) is 0. The summed E-state index contributed by atoms with van der Waals surface area (Å²) in [6.07, 6.45) is 13.7. The number of likely N-dealkylation sites (tertiary alicyclic amines) is 1. The molecule has 1 unspecified atom stereocenters. The number of rotatable bonds is 4. The molecular formula is C12H17NO. The van der Waals surface area contributed by atoms with Crippen LogP contribution in [0, 0.1) is 0 Å². The van der Waals surface area contributed by atoms with Crippen LogP contribution in [0.4, 0.5) is 0 Å². The van der Waals surface area contributed by atoms with E-state index < -0.39 is 0 Å². The molecule has 1 rings (SSSR count). The van der Waals surface area contributed by atoms with Gasteiger partial charge in [-0.25, -0.2) is 0 Å². The van der Waals surface area contributed by atoms with Crippen molar-refractivity contribution in [2.75, 3.05) is 6.54 Å². The Morgan fingerprint density at radius 2 is 2.07 bits per heavy atom. The van der Waals surface area contributed by atoms with Crippen molar-refractivity contribution in [1.29, 1.82) is 0 Å². The number of piperidine rings is 1. The zero-order valence-electron chi connectivity index (χ0n) is 8.43. The van der Waals surface area contributed by atoms with Crippen molar-refractivity contribution < 1.29 is 4.79 Å². The summed E-state index contributed by atoms with van der Waals surface area (Å²) in [5.41, 5.74) is 0. The molecule has 76 valence electrons. The van der Waals surface area contributed by atoms with Crippen LogP contribution in [0.1, 0.15) is 19.3 Å². The molecule has 1 aliphatic heterocycles. The molecule has 0 N–H and O–H groups in total. The Hall–Kier alpha value is -1.31. The molecule has 0 aliphatic carbocycles. The van der Waals surface area contributed by atoms with E-state index in [1.807, 2.05) is 18.4 Å². The van der Waals surface area contributed by atoms with Crippen LogP contribution in [-0.4, -0.2) is 23.8 Å². The van der Waals surface area contributed by atoms with Crippen molar-refractivity contribution in [3.05, 3.63) is 37.1 Å². The molecule has 2 nitrogen and oxygen atoms in total. The van der Waals surface area contributed by atoms with Crippen LogP contribution in [-0.2, 0) is 4.79 Å². The number of allylic oxidation sites excluding steroid dienone is 3. The molecule has 0 aromatic heterocycles. The van der Waals surface area contributed by atoms with Gasteiger partial charge in [-0.15, -0.1) is 6.58 Å². The van der Waals surface area contributed by atoms with E-state index in [0.717, 1.165) is 12.8 Å². The maximum absolute atomic E-state index is 10.0. The van der Waals surface area contributed by atoms with Crippen LogP contribution in [0.2, 0.25) is 0 Å². The van der Waals surface area contributed by atoms with Gasteiger partial charge in [-0.2, -0.15) is 0 Å². The number of carbonyl (C=O) groups is 1. The van der Waals surface area contributed by atoms with E-state index in [0.29, 0.717) is 6.04 Å². The predicted octanol–water partition coefficient (Wildman–Crippen LogP) is 2.30. The summed E-state index contributed by atoms with van der Waals surface area (Å²) in [5, 5.41) is 0. The van der Waals surface area contributed by atoms with Gasteiger partial charge in [-0.1, -0.05) is 12.2 Å².